The fraction of sp³-hybridized carbons (Fsp3) is 0.526. The number of tetrazole rings is 1. The number of rotatable bonds is 3. The molecule has 0 spiro atoms. The molecule has 0 amide bonds. The largest absolute Gasteiger partial charge is 0.376 e. The topological polar surface area (TPSA) is 52.8 Å². The lowest BCUT2D eigenvalue weighted by atomic mass is 10.0. The van der Waals surface area contributed by atoms with E-state index in [1.807, 2.05) is 12.1 Å². The summed E-state index contributed by atoms with van der Waals surface area (Å²) in [5.74, 6) is 7.89. The van der Waals surface area contributed by atoms with E-state index in [0.29, 0.717) is 18.3 Å². The highest BCUT2D eigenvalue weighted by Gasteiger charge is 2.19. The average Bonchev–Trinajstić information content (AvgIpc) is 3.33. The fourth-order valence-electron chi connectivity index (χ4n) is 2.98. The maximum Gasteiger partial charge on any atom is 0.205 e. The summed E-state index contributed by atoms with van der Waals surface area (Å²) in [5.41, 5.74) is 3.19. The predicted molar refractivity (Wildman–Crippen MR) is 91.2 cm³/mol. The smallest absolute Gasteiger partial charge is 0.205 e. The van der Waals surface area contributed by atoms with E-state index in [1.54, 1.807) is 4.80 Å². The van der Waals surface area contributed by atoms with Crippen LogP contribution in [0.25, 0.3) is 11.4 Å². The molecule has 124 valence electrons. The van der Waals surface area contributed by atoms with Crippen molar-refractivity contribution in [1.29, 1.82) is 0 Å². The molecular formula is C19H22N4O. The maximum atomic E-state index is 5.75. The number of benzene rings is 1. The molecule has 5 nitrogen and oxygen atoms in total. The van der Waals surface area contributed by atoms with Crippen LogP contribution in [0.3, 0.4) is 0 Å². The van der Waals surface area contributed by atoms with E-state index in [0.717, 1.165) is 36.1 Å². The van der Waals surface area contributed by atoms with Crippen molar-refractivity contribution in [3.05, 3.63) is 29.3 Å². The molecule has 1 aromatic heterocycles. The third-order valence-corrected chi connectivity index (χ3v) is 4.66. The van der Waals surface area contributed by atoms with Crippen LogP contribution in [0, 0.1) is 24.7 Å². The van der Waals surface area contributed by atoms with Gasteiger partial charge in [-0.1, -0.05) is 24.0 Å². The van der Waals surface area contributed by atoms with Crippen LogP contribution in [0.4, 0.5) is 0 Å². The summed E-state index contributed by atoms with van der Waals surface area (Å²) in [6, 6.07) is 6.12. The van der Waals surface area contributed by atoms with Gasteiger partial charge in [-0.2, -0.15) is 4.80 Å². The molecule has 2 aromatic rings. The molecule has 2 fully saturated rings. The van der Waals surface area contributed by atoms with Crippen molar-refractivity contribution >= 4 is 0 Å². The molecule has 2 aliphatic rings. The minimum Gasteiger partial charge on any atom is -0.376 e. The van der Waals surface area contributed by atoms with Gasteiger partial charge in [0, 0.05) is 23.7 Å². The molecule has 1 saturated carbocycles. The molecule has 0 N–H and O–H groups in total. The zero-order valence-corrected chi connectivity index (χ0v) is 14.0. The number of ether oxygens (including phenoxy) is 1. The molecule has 1 aromatic carbocycles. The Morgan fingerprint density at radius 2 is 2.17 bits per heavy atom. The van der Waals surface area contributed by atoms with E-state index >= 15 is 0 Å². The number of nitrogens with zero attached hydrogens (tertiary/aromatic N) is 4. The van der Waals surface area contributed by atoms with Crippen molar-refractivity contribution in [2.45, 2.75) is 51.7 Å². The Labute approximate surface area is 142 Å². The first-order chi connectivity index (χ1) is 11.8. The van der Waals surface area contributed by atoms with Gasteiger partial charge in [0.05, 0.1) is 12.6 Å². The molecule has 4 rings (SSSR count). The molecular weight excluding hydrogens is 300 g/mol. The average molecular weight is 322 g/mol. The van der Waals surface area contributed by atoms with Gasteiger partial charge >= 0.3 is 0 Å². The highest BCUT2D eigenvalue weighted by molar-refractivity contribution is 5.63. The van der Waals surface area contributed by atoms with Crippen LogP contribution in [0.1, 0.15) is 43.2 Å². The molecule has 0 radical (unpaired) electrons. The first-order valence-electron chi connectivity index (χ1n) is 8.80. The molecule has 24 heavy (non-hydrogen) atoms. The maximum absolute atomic E-state index is 5.75. The standard InChI is InChI=1S/C19H22N4O/c1-14-16(11-10-15-8-9-15)5-4-7-18(14)19-20-22-23(21-19)13-17-6-2-3-12-24-17/h4-5,7,15,17H,2-3,6,8-9,12-13H2,1H3/t17-/m1/s1. The molecule has 0 unspecified atom stereocenters. The van der Waals surface area contributed by atoms with E-state index in [2.05, 4.69) is 40.2 Å². The van der Waals surface area contributed by atoms with Crippen molar-refractivity contribution in [3.63, 3.8) is 0 Å². The van der Waals surface area contributed by atoms with Gasteiger partial charge in [-0.15, -0.1) is 10.2 Å². The summed E-state index contributed by atoms with van der Waals surface area (Å²) in [6.07, 6.45) is 6.13. The monoisotopic (exact) mass is 322 g/mol. The Bertz CT molecular complexity index is 776. The van der Waals surface area contributed by atoms with Crippen LogP contribution < -0.4 is 0 Å². The summed E-state index contributed by atoms with van der Waals surface area (Å²) in [6.45, 7) is 3.59. The Morgan fingerprint density at radius 3 is 2.96 bits per heavy atom. The van der Waals surface area contributed by atoms with E-state index < -0.39 is 0 Å². The third kappa shape index (κ3) is 3.49. The fourth-order valence-corrected chi connectivity index (χ4v) is 2.98. The van der Waals surface area contributed by atoms with Crippen LogP contribution >= 0.6 is 0 Å². The SMILES string of the molecule is Cc1c(C#CC2CC2)cccc1-c1nnn(C[C@H]2CCCCO2)n1. The van der Waals surface area contributed by atoms with Gasteiger partial charge in [-0.25, -0.2) is 0 Å². The molecule has 0 bridgehead atoms. The summed E-state index contributed by atoms with van der Waals surface area (Å²) >= 11 is 0. The number of hydrogen-bond donors (Lipinski definition) is 0. The molecule has 5 heteroatoms. The lowest BCUT2D eigenvalue weighted by molar-refractivity contribution is 0.00133. The first-order valence-corrected chi connectivity index (χ1v) is 8.80. The molecule has 1 saturated heterocycles. The Balaban J connectivity index is 1.53. The van der Waals surface area contributed by atoms with Crippen LogP contribution in [-0.4, -0.2) is 32.9 Å². The van der Waals surface area contributed by atoms with E-state index in [9.17, 15) is 0 Å². The second-order valence-electron chi connectivity index (χ2n) is 6.68. The lowest BCUT2D eigenvalue weighted by Gasteiger charge is -2.21. The van der Waals surface area contributed by atoms with Crippen LogP contribution in [-0.2, 0) is 11.3 Å². The van der Waals surface area contributed by atoms with Crippen molar-refractivity contribution in [2.24, 2.45) is 5.92 Å². The van der Waals surface area contributed by atoms with Crippen molar-refractivity contribution in [3.8, 4) is 23.2 Å². The second-order valence-corrected chi connectivity index (χ2v) is 6.68. The number of aromatic nitrogens is 4. The Hall–Kier alpha value is -2.19. The third-order valence-electron chi connectivity index (χ3n) is 4.66. The van der Waals surface area contributed by atoms with Gasteiger partial charge in [0.1, 0.15) is 0 Å². The number of hydrogen-bond acceptors (Lipinski definition) is 4. The molecule has 1 aliphatic heterocycles. The van der Waals surface area contributed by atoms with Crippen LogP contribution in [0.2, 0.25) is 0 Å². The highest BCUT2D eigenvalue weighted by atomic mass is 16.5. The second kappa shape index (κ2) is 6.74. The zero-order valence-electron chi connectivity index (χ0n) is 14.0. The Kier molecular flexibility index (Phi) is 4.31. The van der Waals surface area contributed by atoms with Crippen LogP contribution in [0.15, 0.2) is 18.2 Å². The van der Waals surface area contributed by atoms with Gasteiger partial charge < -0.3 is 4.74 Å². The van der Waals surface area contributed by atoms with Gasteiger partial charge in [0.25, 0.3) is 0 Å². The van der Waals surface area contributed by atoms with E-state index in [-0.39, 0.29) is 6.10 Å². The van der Waals surface area contributed by atoms with E-state index in [1.165, 1.54) is 19.3 Å². The minimum absolute atomic E-state index is 0.206. The van der Waals surface area contributed by atoms with E-state index in [4.69, 9.17) is 4.74 Å². The van der Waals surface area contributed by atoms with Gasteiger partial charge in [-0.05, 0) is 55.9 Å². The summed E-state index contributed by atoms with van der Waals surface area (Å²) in [7, 11) is 0. The van der Waals surface area contributed by atoms with Gasteiger partial charge in [0.2, 0.25) is 5.82 Å². The van der Waals surface area contributed by atoms with Gasteiger partial charge in [0.15, 0.2) is 0 Å². The first kappa shape index (κ1) is 15.3. The summed E-state index contributed by atoms with van der Waals surface area (Å²) in [4.78, 5) is 1.66. The lowest BCUT2D eigenvalue weighted by Crippen LogP contribution is -2.25. The summed E-state index contributed by atoms with van der Waals surface area (Å²) in [5, 5.41) is 13.0. The highest BCUT2D eigenvalue weighted by Crippen LogP contribution is 2.28. The molecule has 1 atom stereocenters. The van der Waals surface area contributed by atoms with Gasteiger partial charge in [-0.3, -0.25) is 0 Å². The predicted octanol–water partition coefficient (Wildman–Crippen LogP) is 2.98. The minimum atomic E-state index is 0.206. The zero-order chi connectivity index (χ0) is 16.4. The molecule has 1 aliphatic carbocycles. The quantitative estimate of drug-likeness (QED) is 0.815. The Morgan fingerprint density at radius 1 is 1.25 bits per heavy atom. The van der Waals surface area contributed by atoms with Crippen molar-refractivity contribution < 1.29 is 4.74 Å². The molecule has 2 heterocycles. The normalized spacial score (nSPS) is 20.5. The van der Waals surface area contributed by atoms with Crippen molar-refractivity contribution in [1.82, 2.24) is 20.2 Å². The van der Waals surface area contributed by atoms with Crippen LogP contribution in [0.5, 0.6) is 0 Å². The summed E-state index contributed by atoms with van der Waals surface area (Å²) < 4.78 is 5.75. The van der Waals surface area contributed by atoms with Crippen molar-refractivity contribution in [2.75, 3.05) is 6.61 Å².